The summed E-state index contributed by atoms with van der Waals surface area (Å²) >= 11 is 1.77. The van der Waals surface area contributed by atoms with E-state index in [-0.39, 0.29) is 35.9 Å². The van der Waals surface area contributed by atoms with Crippen molar-refractivity contribution >= 4 is 23.6 Å². The van der Waals surface area contributed by atoms with Gasteiger partial charge in [0.1, 0.15) is 0 Å². The highest BCUT2D eigenvalue weighted by atomic mass is 32.2. The number of ether oxygens (including phenoxy) is 1. The normalized spacial score (nSPS) is 39.2. The van der Waals surface area contributed by atoms with Gasteiger partial charge in [0.2, 0.25) is 11.8 Å². The molecule has 0 saturated carbocycles. The van der Waals surface area contributed by atoms with Gasteiger partial charge in [-0.1, -0.05) is 6.92 Å². The van der Waals surface area contributed by atoms with Gasteiger partial charge in [-0.2, -0.15) is 11.8 Å². The summed E-state index contributed by atoms with van der Waals surface area (Å²) < 4.78 is 5.68. The van der Waals surface area contributed by atoms with Gasteiger partial charge >= 0.3 is 0 Å². The zero-order valence-corrected chi connectivity index (χ0v) is 10.7. The first-order valence-corrected chi connectivity index (χ1v) is 7.48. The molecule has 17 heavy (non-hydrogen) atoms. The minimum absolute atomic E-state index is 0.0175. The van der Waals surface area contributed by atoms with Gasteiger partial charge in [0, 0.05) is 12.3 Å². The quantitative estimate of drug-likeness (QED) is 0.553. The molecule has 0 aromatic heterocycles. The lowest BCUT2D eigenvalue weighted by Crippen LogP contribution is -2.35. The van der Waals surface area contributed by atoms with E-state index in [2.05, 4.69) is 6.92 Å². The van der Waals surface area contributed by atoms with E-state index in [9.17, 15) is 9.59 Å². The second-order valence-corrected chi connectivity index (χ2v) is 6.26. The SMILES string of the molecule is CCSCCN1C(=O)[C@@H]2[C@H](C1=O)[C@@H]1CC[C@@H]2O1. The van der Waals surface area contributed by atoms with Crippen molar-refractivity contribution < 1.29 is 14.3 Å². The number of rotatable bonds is 4. The number of amides is 2. The van der Waals surface area contributed by atoms with Gasteiger partial charge in [0.05, 0.1) is 24.0 Å². The summed E-state index contributed by atoms with van der Waals surface area (Å²) in [5.74, 6) is 1.59. The third-order valence-corrected chi connectivity index (χ3v) is 4.92. The standard InChI is InChI=1S/C12H17NO3S/c1-2-17-6-5-13-11(14)9-7-3-4-8(16-7)10(9)12(13)15/h7-10H,2-6H2,1H3/t7-,8-,9-,10+/m0/s1. The molecule has 5 heteroatoms. The fourth-order valence-electron chi connectivity index (χ4n) is 3.29. The van der Waals surface area contributed by atoms with Crippen LogP contribution in [0, 0.1) is 11.8 Å². The van der Waals surface area contributed by atoms with Gasteiger partial charge in [-0.3, -0.25) is 14.5 Å². The van der Waals surface area contributed by atoms with Gasteiger partial charge in [-0.25, -0.2) is 0 Å². The second kappa shape index (κ2) is 4.28. The lowest BCUT2D eigenvalue weighted by Gasteiger charge is -2.16. The third kappa shape index (κ3) is 1.63. The van der Waals surface area contributed by atoms with E-state index < -0.39 is 0 Å². The Labute approximate surface area is 105 Å². The Morgan fingerprint density at radius 1 is 1.24 bits per heavy atom. The molecule has 94 valence electrons. The zero-order valence-electron chi connectivity index (χ0n) is 9.93. The van der Waals surface area contributed by atoms with Crippen LogP contribution in [-0.4, -0.2) is 47.0 Å². The predicted octanol–water partition coefficient (Wildman–Crippen LogP) is 0.902. The Kier molecular flexibility index (Phi) is 2.91. The maximum Gasteiger partial charge on any atom is 0.235 e. The molecular weight excluding hydrogens is 238 g/mol. The molecule has 3 aliphatic heterocycles. The average Bonchev–Trinajstić information content (AvgIpc) is 2.97. The molecule has 0 unspecified atom stereocenters. The topological polar surface area (TPSA) is 46.6 Å². The molecule has 0 aromatic rings. The molecule has 0 spiro atoms. The fourth-order valence-corrected chi connectivity index (χ4v) is 3.89. The van der Waals surface area contributed by atoms with E-state index in [1.807, 2.05) is 0 Å². The van der Waals surface area contributed by atoms with Crippen LogP contribution in [0.4, 0.5) is 0 Å². The average molecular weight is 255 g/mol. The summed E-state index contributed by atoms with van der Waals surface area (Å²) in [4.78, 5) is 25.9. The van der Waals surface area contributed by atoms with Crippen LogP contribution in [0.1, 0.15) is 19.8 Å². The number of carbonyl (C=O) groups excluding carboxylic acids is 2. The summed E-state index contributed by atoms with van der Waals surface area (Å²) in [5, 5.41) is 0. The van der Waals surface area contributed by atoms with Crippen molar-refractivity contribution in [2.45, 2.75) is 32.0 Å². The molecule has 3 aliphatic rings. The predicted molar refractivity (Wildman–Crippen MR) is 64.6 cm³/mol. The van der Waals surface area contributed by atoms with Crippen molar-refractivity contribution in [2.75, 3.05) is 18.1 Å². The molecule has 3 rings (SSSR count). The smallest absolute Gasteiger partial charge is 0.235 e. The van der Waals surface area contributed by atoms with E-state index in [1.165, 1.54) is 4.90 Å². The first-order chi connectivity index (χ1) is 8.24. The number of likely N-dealkylation sites (tertiary alicyclic amines) is 1. The maximum absolute atomic E-state index is 12.2. The van der Waals surface area contributed by atoms with Gasteiger partial charge in [0.15, 0.2) is 0 Å². The highest BCUT2D eigenvalue weighted by Crippen LogP contribution is 2.48. The fraction of sp³-hybridized carbons (Fsp3) is 0.833. The van der Waals surface area contributed by atoms with Gasteiger partial charge < -0.3 is 4.74 Å². The number of hydrogen-bond acceptors (Lipinski definition) is 4. The van der Waals surface area contributed by atoms with Gasteiger partial charge in [0.25, 0.3) is 0 Å². The van der Waals surface area contributed by atoms with Crippen LogP contribution in [0.2, 0.25) is 0 Å². The summed E-state index contributed by atoms with van der Waals surface area (Å²) in [5.41, 5.74) is 0. The monoisotopic (exact) mass is 255 g/mol. The first-order valence-electron chi connectivity index (χ1n) is 6.32. The van der Waals surface area contributed by atoms with E-state index >= 15 is 0 Å². The summed E-state index contributed by atoms with van der Waals surface area (Å²) in [6, 6.07) is 0. The van der Waals surface area contributed by atoms with Crippen LogP contribution in [0.3, 0.4) is 0 Å². The number of imide groups is 1. The van der Waals surface area contributed by atoms with Crippen molar-refractivity contribution in [3.8, 4) is 0 Å². The van der Waals surface area contributed by atoms with Crippen LogP contribution in [-0.2, 0) is 14.3 Å². The van der Waals surface area contributed by atoms with E-state index in [4.69, 9.17) is 4.74 Å². The van der Waals surface area contributed by atoms with Crippen molar-refractivity contribution in [3.05, 3.63) is 0 Å². The minimum atomic E-state index is -0.159. The molecule has 3 fully saturated rings. The molecule has 3 saturated heterocycles. The van der Waals surface area contributed by atoms with E-state index in [1.54, 1.807) is 11.8 Å². The van der Waals surface area contributed by atoms with Gasteiger partial charge in [-0.05, 0) is 18.6 Å². The minimum Gasteiger partial charge on any atom is -0.373 e. The van der Waals surface area contributed by atoms with Crippen LogP contribution in [0.15, 0.2) is 0 Å². The molecule has 3 heterocycles. The molecule has 4 atom stereocenters. The summed E-state index contributed by atoms with van der Waals surface area (Å²) in [7, 11) is 0. The van der Waals surface area contributed by atoms with Crippen molar-refractivity contribution in [1.82, 2.24) is 4.90 Å². The van der Waals surface area contributed by atoms with E-state index in [0.29, 0.717) is 6.54 Å². The highest BCUT2D eigenvalue weighted by Gasteiger charge is 2.62. The van der Waals surface area contributed by atoms with Crippen molar-refractivity contribution in [2.24, 2.45) is 11.8 Å². The number of nitrogens with zero attached hydrogens (tertiary/aromatic N) is 1. The summed E-state index contributed by atoms with van der Waals surface area (Å²) in [6.07, 6.45) is 1.93. The zero-order chi connectivity index (χ0) is 12.0. The highest BCUT2D eigenvalue weighted by molar-refractivity contribution is 7.99. The first kappa shape index (κ1) is 11.5. The number of hydrogen-bond donors (Lipinski definition) is 0. The maximum atomic E-state index is 12.2. The second-order valence-electron chi connectivity index (χ2n) is 4.87. The molecule has 2 amide bonds. The Hall–Kier alpha value is -0.550. The van der Waals surface area contributed by atoms with Crippen LogP contribution in [0.25, 0.3) is 0 Å². The molecule has 0 aliphatic carbocycles. The molecular formula is C12H17NO3S. The largest absolute Gasteiger partial charge is 0.373 e. The lowest BCUT2D eigenvalue weighted by molar-refractivity contribution is -0.142. The van der Waals surface area contributed by atoms with Crippen molar-refractivity contribution in [3.63, 3.8) is 0 Å². The number of thioether (sulfide) groups is 1. The molecule has 0 N–H and O–H groups in total. The molecule has 2 bridgehead atoms. The van der Waals surface area contributed by atoms with Gasteiger partial charge in [-0.15, -0.1) is 0 Å². The molecule has 0 radical (unpaired) electrons. The van der Waals surface area contributed by atoms with E-state index in [0.717, 1.165) is 24.3 Å². The number of fused-ring (bicyclic) bond motifs is 5. The number of carbonyl (C=O) groups is 2. The Balaban J connectivity index is 1.72. The Morgan fingerprint density at radius 2 is 1.82 bits per heavy atom. The van der Waals surface area contributed by atoms with Crippen molar-refractivity contribution in [1.29, 1.82) is 0 Å². The third-order valence-electron chi connectivity index (χ3n) is 4.04. The molecule has 0 aromatic carbocycles. The van der Waals surface area contributed by atoms with Crippen LogP contribution >= 0.6 is 11.8 Å². The Morgan fingerprint density at radius 3 is 2.35 bits per heavy atom. The van der Waals surface area contributed by atoms with Crippen LogP contribution in [0.5, 0.6) is 0 Å². The summed E-state index contributed by atoms with van der Waals surface area (Å²) in [6.45, 7) is 2.66. The lowest BCUT2D eigenvalue weighted by atomic mass is 9.81. The molecule has 4 nitrogen and oxygen atoms in total. The van der Waals surface area contributed by atoms with Crippen LogP contribution < -0.4 is 0 Å². The Bertz CT molecular complexity index is 332.